The molecule has 0 bridgehead atoms. The Balaban J connectivity index is 0.000000209. The highest BCUT2D eigenvalue weighted by molar-refractivity contribution is 5.68. The summed E-state index contributed by atoms with van der Waals surface area (Å²) in [6.45, 7) is 7.38. The van der Waals surface area contributed by atoms with E-state index >= 15 is 0 Å². The number of hydrogen-bond donors (Lipinski definition) is 1. The Morgan fingerprint density at radius 2 is 1.86 bits per heavy atom. The van der Waals surface area contributed by atoms with Crippen LogP contribution in [0.2, 0.25) is 0 Å². The molecule has 3 heterocycles. The van der Waals surface area contributed by atoms with E-state index in [4.69, 9.17) is 4.74 Å². The molecule has 2 aromatic heterocycles. The lowest BCUT2D eigenvalue weighted by Gasteiger charge is -2.23. The molecular weight excluding hydrogens is 381 g/mol. The summed E-state index contributed by atoms with van der Waals surface area (Å²) in [4.78, 5) is 29.3. The number of hydrogen-bond acceptors (Lipinski definition) is 6. The highest BCUT2D eigenvalue weighted by atomic mass is 19.4. The number of H-pyrrole nitrogens is 1. The number of halogens is 3. The molecule has 1 fully saturated rings. The molecule has 2 aromatic rings. The number of amides is 1. The average molecular weight is 402 g/mol. The van der Waals surface area contributed by atoms with Gasteiger partial charge in [-0.25, -0.2) is 4.79 Å². The topological polar surface area (TPSA) is 101 Å². The fourth-order valence-electron chi connectivity index (χ4n) is 2.23. The van der Waals surface area contributed by atoms with E-state index in [1.54, 1.807) is 4.90 Å². The van der Waals surface area contributed by atoms with Gasteiger partial charge in [-0.2, -0.15) is 18.2 Å². The normalized spacial score (nSPS) is 14.4. The first-order chi connectivity index (χ1) is 13.0. The number of likely N-dealkylation sites (tertiary alicyclic amines) is 1. The van der Waals surface area contributed by atoms with E-state index in [-0.39, 0.29) is 28.6 Å². The van der Waals surface area contributed by atoms with E-state index in [2.05, 4.69) is 19.6 Å². The van der Waals surface area contributed by atoms with E-state index in [1.165, 1.54) is 12.3 Å². The number of nitrogens with zero attached hydrogens (tertiary/aromatic N) is 3. The molecule has 3 rings (SSSR count). The predicted octanol–water partition coefficient (Wildman–Crippen LogP) is 3.46. The van der Waals surface area contributed by atoms with Crippen LogP contribution in [0.25, 0.3) is 11.4 Å². The van der Waals surface area contributed by atoms with Crippen molar-refractivity contribution < 1.29 is 27.2 Å². The molecule has 0 atom stereocenters. The molecule has 1 amide bonds. The van der Waals surface area contributed by atoms with E-state index < -0.39 is 12.1 Å². The zero-order valence-corrected chi connectivity index (χ0v) is 15.7. The van der Waals surface area contributed by atoms with Crippen LogP contribution in [0, 0.1) is 0 Å². The Hall–Kier alpha value is -2.85. The van der Waals surface area contributed by atoms with Crippen LogP contribution in [0.1, 0.15) is 39.5 Å². The maximum Gasteiger partial charge on any atom is 0.471 e. The highest BCUT2D eigenvalue weighted by Crippen LogP contribution is 2.28. The summed E-state index contributed by atoms with van der Waals surface area (Å²) in [6, 6.07) is 2.45. The molecule has 1 N–H and O–H groups in total. The van der Waals surface area contributed by atoms with E-state index in [1.807, 2.05) is 20.8 Å². The lowest BCUT2D eigenvalue weighted by Crippen LogP contribution is -2.34. The van der Waals surface area contributed by atoms with Crippen LogP contribution in [0.4, 0.5) is 18.0 Å². The van der Waals surface area contributed by atoms with Gasteiger partial charge in [0.15, 0.2) is 0 Å². The van der Waals surface area contributed by atoms with Crippen molar-refractivity contribution in [1.82, 2.24) is 20.0 Å². The standard InChI is InChI=1S/C9H17NO2.C8H4F3N3O2/c1-9(2,3)12-8(11)10-6-4-5-7-10;9-8(10,11)7-13-6(14-16-7)4-1-2-5(15)12-3-4/h4-7H2,1-3H3;1-3H,(H,12,15). The van der Waals surface area contributed by atoms with Crippen molar-refractivity contribution in [1.29, 1.82) is 0 Å². The van der Waals surface area contributed by atoms with Crippen LogP contribution in [0.3, 0.4) is 0 Å². The zero-order valence-electron chi connectivity index (χ0n) is 15.7. The Kier molecular flexibility index (Phi) is 6.47. The van der Waals surface area contributed by atoms with E-state index in [0.717, 1.165) is 32.0 Å². The van der Waals surface area contributed by atoms with Crippen molar-refractivity contribution in [3.8, 4) is 11.4 Å². The second kappa shape index (κ2) is 8.44. The summed E-state index contributed by atoms with van der Waals surface area (Å²) < 4.78 is 45.6. The van der Waals surface area contributed by atoms with Crippen molar-refractivity contribution >= 4 is 6.09 Å². The Morgan fingerprint density at radius 3 is 2.32 bits per heavy atom. The summed E-state index contributed by atoms with van der Waals surface area (Å²) in [6.07, 6.45) is -1.42. The summed E-state index contributed by atoms with van der Waals surface area (Å²) >= 11 is 0. The number of carbonyl (C=O) groups is 1. The molecule has 0 spiro atoms. The molecule has 28 heavy (non-hydrogen) atoms. The predicted molar refractivity (Wildman–Crippen MR) is 92.4 cm³/mol. The molecule has 1 aliphatic rings. The van der Waals surface area contributed by atoms with Crippen LogP contribution < -0.4 is 5.56 Å². The van der Waals surface area contributed by atoms with Gasteiger partial charge in [0.2, 0.25) is 11.4 Å². The number of ether oxygens (including phenoxy) is 1. The summed E-state index contributed by atoms with van der Waals surface area (Å²) in [5, 5.41) is 3.15. The molecule has 0 saturated carbocycles. The second-order valence-corrected chi connectivity index (χ2v) is 7.04. The van der Waals surface area contributed by atoms with Gasteiger partial charge in [-0.3, -0.25) is 4.79 Å². The monoisotopic (exact) mass is 402 g/mol. The highest BCUT2D eigenvalue weighted by Gasteiger charge is 2.38. The molecule has 0 aromatic carbocycles. The maximum atomic E-state index is 12.1. The number of pyridine rings is 1. The number of nitrogens with one attached hydrogen (secondary N) is 1. The summed E-state index contributed by atoms with van der Waals surface area (Å²) in [5.74, 6) is -1.66. The lowest BCUT2D eigenvalue weighted by atomic mass is 10.2. The van der Waals surface area contributed by atoms with Crippen molar-refractivity contribution in [3.05, 3.63) is 34.6 Å². The number of alkyl halides is 3. The Labute approximate surface area is 158 Å². The first-order valence-electron chi connectivity index (χ1n) is 8.54. The van der Waals surface area contributed by atoms with Gasteiger partial charge in [0.05, 0.1) is 0 Å². The number of rotatable bonds is 1. The maximum absolute atomic E-state index is 12.1. The lowest BCUT2D eigenvalue weighted by molar-refractivity contribution is -0.159. The van der Waals surface area contributed by atoms with Crippen molar-refractivity contribution in [3.63, 3.8) is 0 Å². The third kappa shape index (κ3) is 6.39. The first-order valence-corrected chi connectivity index (χ1v) is 8.54. The summed E-state index contributed by atoms with van der Waals surface area (Å²) in [7, 11) is 0. The van der Waals surface area contributed by atoms with Gasteiger partial charge in [0, 0.05) is 30.9 Å². The van der Waals surface area contributed by atoms with E-state index in [0.29, 0.717) is 0 Å². The molecule has 154 valence electrons. The van der Waals surface area contributed by atoms with Crippen molar-refractivity contribution in [2.45, 2.75) is 45.4 Å². The van der Waals surface area contributed by atoms with Gasteiger partial charge in [-0.15, -0.1) is 0 Å². The van der Waals surface area contributed by atoms with Crippen molar-refractivity contribution in [2.75, 3.05) is 13.1 Å². The average Bonchev–Trinajstić information content (AvgIpc) is 3.26. The largest absolute Gasteiger partial charge is 0.471 e. The first kappa shape index (κ1) is 21.5. The van der Waals surface area contributed by atoms with E-state index in [9.17, 15) is 22.8 Å². The Bertz CT molecular complexity index is 829. The van der Waals surface area contributed by atoms with Crippen LogP contribution in [-0.4, -0.2) is 44.8 Å². The number of aromatic amines is 1. The van der Waals surface area contributed by atoms with Gasteiger partial charge in [-0.1, -0.05) is 5.16 Å². The second-order valence-electron chi connectivity index (χ2n) is 7.04. The smallest absolute Gasteiger partial charge is 0.444 e. The summed E-state index contributed by atoms with van der Waals surface area (Å²) in [5.41, 5.74) is -0.498. The molecule has 1 aliphatic heterocycles. The quantitative estimate of drug-likeness (QED) is 0.784. The molecule has 0 unspecified atom stereocenters. The molecule has 11 heteroatoms. The third-order valence-corrected chi connectivity index (χ3v) is 3.47. The molecule has 8 nitrogen and oxygen atoms in total. The fraction of sp³-hybridized carbons (Fsp3) is 0.529. The molecule has 0 radical (unpaired) electrons. The fourth-order valence-corrected chi connectivity index (χ4v) is 2.23. The minimum atomic E-state index is -4.67. The molecule has 0 aliphatic carbocycles. The van der Waals surface area contributed by atoms with Gasteiger partial charge < -0.3 is 19.1 Å². The van der Waals surface area contributed by atoms with Crippen molar-refractivity contribution in [2.24, 2.45) is 0 Å². The Morgan fingerprint density at radius 1 is 1.21 bits per heavy atom. The minimum Gasteiger partial charge on any atom is -0.444 e. The van der Waals surface area contributed by atoms with Crippen LogP contribution in [0.15, 0.2) is 27.6 Å². The van der Waals surface area contributed by atoms with Gasteiger partial charge in [0.1, 0.15) is 5.60 Å². The SMILES string of the molecule is CC(C)(C)OC(=O)N1CCCC1.O=c1ccc(-c2noc(C(F)(F)F)n2)c[nH]1. The minimum absolute atomic E-state index is 0.167. The molecular formula is C17H21F3N4O4. The van der Waals surface area contributed by atoms with Crippen LogP contribution in [0.5, 0.6) is 0 Å². The number of carbonyl (C=O) groups excluding carboxylic acids is 1. The van der Waals surface area contributed by atoms with Gasteiger partial charge >= 0.3 is 18.2 Å². The van der Waals surface area contributed by atoms with Crippen LogP contribution in [-0.2, 0) is 10.9 Å². The zero-order chi connectivity index (χ0) is 20.9. The third-order valence-electron chi connectivity index (χ3n) is 3.47. The van der Waals surface area contributed by atoms with Gasteiger partial charge in [0.25, 0.3) is 0 Å². The van der Waals surface area contributed by atoms with Crippen LogP contribution >= 0.6 is 0 Å². The molecule has 1 saturated heterocycles. The number of aromatic nitrogens is 3. The van der Waals surface area contributed by atoms with Gasteiger partial charge in [-0.05, 0) is 39.7 Å².